The second-order valence-electron chi connectivity index (χ2n) is 9.19. The van der Waals surface area contributed by atoms with E-state index in [2.05, 4.69) is 58.1 Å². The number of amides is 1. The second kappa shape index (κ2) is 10.2. The number of carbonyl (C=O) groups is 1. The van der Waals surface area contributed by atoms with Gasteiger partial charge < -0.3 is 16.0 Å². The molecule has 1 atom stereocenters. The molecule has 1 aliphatic rings. The Balaban J connectivity index is 1.67. The fourth-order valence-electron chi connectivity index (χ4n) is 3.45. The van der Waals surface area contributed by atoms with Crippen LogP contribution in [0.5, 0.6) is 0 Å². The number of piperidine rings is 1. The summed E-state index contributed by atoms with van der Waals surface area (Å²) in [5, 5.41) is 10.2. The van der Waals surface area contributed by atoms with Gasteiger partial charge in [-0.2, -0.15) is 0 Å². The molecule has 9 heteroatoms. The van der Waals surface area contributed by atoms with Gasteiger partial charge in [-0.15, -0.1) is 0 Å². The first-order chi connectivity index (χ1) is 14.6. The lowest BCUT2D eigenvalue weighted by molar-refractivity contribution is -0.114. The first-order valence-electron chi connectivity index (χ1n) is 10.7. The molecule has 31 heavy (non-hydrogen) atoms. The number of rotatable bonds is 7. The maximum atomic E-state index is 11.3. The summed E-state index contributed by atoms with van der Waals surface area (Å²) in [6.07, 6.45) is 2.27. The molecule has 0 aliphatic carbocycles. The molecule has 1 amide bonds. The molecule has 0 aromatic carbocycles. The van der Waals surface area contributed by atoms with Crippen LogP contribution >= 0.6 is 23.3 Å². The lowest BCUT2D eigenvalue weighted by atomic mass is 9.95. The molecule has 3 heterocycles. The topological polar surface area (TPSA) is 82.2 Å². The number of nitrogens with one attached hydrogen (secondary N) is 3. The average molecular weight is 463 g/mol. The Kier molecular flexibility index (Phi) is 7.82. The van der Waals surface area contributed by atoms with Gasteiger partial charge in [0.1, 0.15) is 10.0 Å². The standard InChI is InChI=1S/C22H34N6OS2/c1-14-20(30-21(25-14)26-15(2)29)31-28-11-7-8-16(12-28)17-9-10-18(19(23-6)27-17)24-13-22(3,4)5/h9-10,16,24H,7-8,11-13H2,1-6H3,(H,23,27)(H,25,26,29). The third-order valence-corrected chi connectivity index (χ3v) is 7.41. The number of pyridine rings is 1. The fourth-order valence-corrected chi connectivity index (χ4v) is 5.79. The number of anilines is 3. The minimum Gasteiger partial charge on any atom is -0.382 e. The van der Waals surface area contributed by atoms with Crippen molar-refractivity contribution in [2.24, 2.45) is 5.41 Å². The van der Waals surface area contributed by atoms with Crippen molar-refractivity contribution >= 4 is 45.8 Å². The zero-order valence-corrected chi connectivity index (χ0v) is 21.0. The lowest BCUT2D eigenvalue weighted by Crippen LogP contribution is -2.29. The van der Waals surface area contributed by atoms with Crippen LogP contribution in [0.3, 0.4) is 0 Å². The van der Waals surface area contributed by atoms with Gasteiger partial charge >= 0.3 is 0 Å². The van der Waals surface area contributed by atoms with E-state index < -0.39 is 0 Å². The summed E-state index contributed by atoms with van der Waals surface area (Å²) in [6.45, 7) is 13.0. The van der Waals surface area contributed by atoms with Gasteiger partial charge in [-0.25, -0.2) is 14.3 Å². The monoisotopic (exact) mass is 462 g/mol. The van der Waals surface area contributed by atoms with E-state index in [0.717, 1.165) is 59.6 Å². The molecule has 170 valence electrons. The zero-order chi connectivity index (χ0) is 22.6. The smallest absolute Gasteiger partial charge is 0.223 e. The Morgan fingerprint density at radius 3 is 2.77 bits per heavy atom. The summed E-state index contributed by atoms with van der Waals surface area (Å²) >= 11 is 3.28. The van der Waals surface area contributed by atoms with Gasteiger partial charge in [-0.05, 0) is 49.3 Å². The van der Waals surface area contributed by atoms with Crippen LogP contribution in [0.2, 0.25) is 0 Å². The van der Waals surface area contributed by atoms with Crippen molar-refractivity contribution in [2.45, 2.75) is 57.6 Å². The van der Waals surface area contributed by atoms with Gasteiger partial charge in [-0.3, -0.25) is 4.79 Å². The van der Waals surface area contributed by atoms with Gasteiger partial charge in [0.15, 0.2) is 5.13 Å². The third-order valence-electron chi connectivity index (χ3n) is 5.01. The molecular formula is C22H34N6OS2. The van der Waals surface area contributed by atoms with Crippen LogP contribution in [-0.2, 0) is 4.79 Å². The summed E-state index contributed by atoms with van der Waals surface area (Å²) in [4.78, 5) is 20.7. The van der Waals surface area contributed by atoms with Crippen molar-refractivity contribution in [3.8, 4) is 0 Å². The highest BCUT2D eigenvalue weighted by Crippen LogP contribution is 2.38. The number of aromatic nitrogens is 2. The van der Waals surface area contributed by atoms with Crippen LogP contribution in [0.25, 0.3) is 0 Å². The van der Waals surface area contributed by atoms with E-state index in [1.807, 2.05) is 14.0 Å². The van der Waals surface area contributed by atoms with Crippen molar-refractivity contribution in [1.82, 2.24) is 14.3 Å². The van der Waals surface area contributed by atoms with Crippen molar-refractivity contribution in [1.29, 1.82) is 0 Å². The maximum Gasteiger partial charge on any atom is 0.223 e. The molecule has 2 aromatic heterocycles. The van der Waals surface area contributed by atoms with E-state index in [-0.39, 0.29) is 11.3 Å². The Morgan fingerprint density at radius 1 is 1.32 bits per heavy atom. The summed E-state index contributed by atoms with van der Waals surface area (Å²) in [7, 11) is 1.93. The van der Waals surface area contributed by atoms with Crippen LogP contribution in [0.15, 0.2) is 16.3 Å². The molecular weight excluding hydrogens is 428 g/mol. The highest BCUT2D eigenvalue weighted by atomic mass is 32.2. The molecule has 2 aromatic rings. The molecule has 3 rings (SSSR count). The molecule has 1 unspecified atom stereocenters. The third kappa shape index (κ3) is 6.82. The van der Waals surface area contributed by atoms with E-state index in [1.165, 1.54) is 18.3 Å². The highest BCUT2D eigenvalue weighted by molar-refractivity contribution is 7.99. The van der Waals surface area contributed by atoms with Crippen molar-refractivity contribution in [3.63, 3.8) is 0 Å². The van der Waals surface area contributed by atoms with Crippen LogP contribution in [0, 0.1) is 12.3 Å². The molecule has 3 N–H and O–H groups in total. The van der Waals surface area contributed by atoms with Gasteiger partial charge in [0.25, 0.3) is 0 Å². The first-order valence-corrected chi connectivity index (χ1v) is 12.3. The van der Waals surface area contributed by atoms with Crippen LogP contribution in [0.4, 0.5) is 16.6 Å². The van der Waals surface area contributed by atoms with Crippen LogP contribution < -0.4 is 16.0 Å². The average Bonchev–Trinajstić information content (AvgIpc) is 3.03. The largest absolute Gasteiger partial charge is 0.382 e. The van der Waals surface area contributed by atoms with E-state index in [0.29, 0.717) is 11.0 Å². The van der Waals surface area contributed by atoms with Gasteiger partial charge in [-0.1, -0.05) is 32.1 Å². The Hall–Kier alpha value is -1.84. The number of carbonyl (C=O) groups excluding carboxylic acids is 1. The second-order valence-corrected chi connectivity index (χ2v) is 11.6. The lowest BCUT2D eigenvalue weighted by Gasteiger charge is -2.31. The van der Waals surface area contributed by atoms with E-state index in [9.17, 15) is 4.79 Å². The quantitative estimate of drug-likeness (QED) is 0.488. The first kappa shape index (κ1) is 23.8. The van der Waals surface area contributed by atoms with Crippen LogP contribution in [-0.4, -0.2) is 46.9 Å². The van der Waals surface area contributed by atoms with E-state index >= 15 is 0 Å². The summed E-state index contributed by atoms with van der Waals surface area (Å²) in [5.74, 6) is 1.22. The number of hydrogen-bond donors (Lipinski definition) is 3. The molecule has 0 bridgehead atoms. The molecule has 1 saturated heterocycles. The van der Waals surface area contributed by atoms with Gasteiger partial charge in [0.05, 0.1) is 11.4 Å². The number of hydrogen-bond acceptors (Lipinski definition) is 8. The normalized spacial score (nSPS) is 17.4. The fraction of sp³-hybridized carbons (Fsp3) is 0.591. The SMILES string of the molecule is CNc1nc(C2CCCN(Sc3sc(NC(C)=O)nc3C)C2)ccc1NCC(C)(C)C. The van der Waals surface area contributed by atoms with E-state index in [4.69, 9.17) is 4.98 Å². The summed E-state index contributed by atoms with van der Waals surface area (Å²) in [5.41, 5.74) is 3.36. The Morgan fingerprint density at radius 2 is 2.10 bits per heavy atom. The van der Waals surface area contributed by atoms with Crippen molar-refractivity contribution in [3.05, 3.63) is 23.5 Å². The minimum atomic E-state index is -0.0878. The number of nitrogens with zero attached hydrogens (tertiary/aromatic N) is 3. The van der Waals surface area contributed by atoms with Gasteiger partial charge in [0, 0.05) is 45.2 Å². The predicted molar refractivity (Wildman–Crippen MR) is 132 cm³/mol. The Labute approximate surface area is 194 Å². The number of thiazole rings is 1. The molecule has 1 aliphatic heterocycles. The number of aryl methyl sites for hydroxylation is 1. The molecule has 0 saturated carbocycles. The van der Waals surface area contributed by atoms with Gasteiger partial charge in [0.2, 0.25) is 5.91 Å². The van der Waals surface area contributed by atoms with E-state index in [1.54, 1.807) is 11.9 Å². The molecule has 1 fully saturated rings. The van der Waals surface area contributed by atoms with Crippen LogP contribution in [0.1, 0.15) is 57.8 Å². The Bertz CT molecular complexity index is 908. The molecule has 0 spiro atoms. The van der Waals surface area contributed by atoms with Crippen molar-refractivity contribution in [2.75, 3.05) is 42.6 Å². The minimum absolute atomic E-state index is 0.0878. The molecule has 7 nitrogen and oxygen atoms in total. The summed E-state index contributed by atoms with van der Waals surface area (Å²) < 4.78 is 3.54. The highest BCUT2D eigenvalue weighted by Gasteiger charge is 2.25. The molecule has 0 radical (unpaired) electrons. The van der Waals surface area contributed by atoms with Crippen molar-refractivity contribution < 1.29 is 4.79 Å². The zero-order valence-electron chi connectivity index (χ0n) is 19.3. The maximum absolute atomic E-state index is 11.3. The summed E-state index contributed by atoms with van der Waals surface area (Å²) in [6, 6.07) is 4.32. The predicted octanol–water partition coefficient (Wildman–Crippen LogP) is 5.19.